The molecular weight excluding hydrogens is 376 g/mol. The predicted molar refractivity (Wildman–Crippen MR) is 102 cm³/mol. The molecule has 0 aliphatic rings. The van der Waals surface area contributed by atoms with Crippen molar-refractivity contribution >= 4 is 24.1 Å². The summed E-state index contributed by atoms with van der Waals surface area (Å²) < 4.78 is 63.3. The van der Waals surface area contributed by atoms with Gasteiger partial charge in [-0.15, -0.1) is 0 Å². The molecule has 146 valence electrons. The van der Waals surface area contributed by atoms with Crippen LogP contribution in [0, 0.1) is 0 Å². The molecule has 0 aliphatic carbocycles. The van der Waals surface area contributed by atoms with Crippen LogP contribution in [0.15, 0.2) is 49.0 Å². The molecule has 0 unspecified atom stereocenters. The highest BCUT2D eigenvalue weighted by Crippen LogP contribution is 2.45. The van der Waals surface area contributed by atoms with E-state index >= 15 is 0 Å². The third-order valence-corrected chi connectivity index (χ3v) is 6.32. The van der Waals surface area contributed by atoms with Gasteiger partial charge in [0.2, 0.25) is 0 Å². The summed E-state index contributed by atoms with van der Waals surface area (Å²) in [6.07, 6.45) is -2.94. The first-order valence-corrected chi connectivity index (χ1v) is 10.1. The van der Waals surface area contributed by atoms with E-state index in [-0.39, 0.29) is 18.0 Å². The minimum absolute atomic E-state index is 0.0526. The fourth-order valence-corrected chi connectivity index (χ4v) is 4.65. The van der Waals surface area contributed by atoms with Crippen molar-refractivity contribution in [3.05, 3.63) is 60.2 Å². The molecule has 0 heterocycles. The Balaban J connectivity index is 2.52. The van der Waals surface area contributed by atoms with Crippen LogP contribution in [0.25, 0.3) is 6.08 Å². The van der Waals surface area contributed by atoms with Crippen LogP contribution in [0.3, 0.4) is 0 Å². The first-order chi connectivity index (χ1) is 12.6. The zero-order valence-electron chi connectivity index (χ0n) is 15.4. The van der Waals surface area contributed by atoms with E-state index < -0.39 is 19.1 Å². The molecule has 3 nitrogen and oxygen atoms in total. The first kappa shape index (κ1) is 21.3. The summed E-state index contributed by atoms with van der Waals surface area (Å²) in [4.78, 5) is 0. The highest BCUT2D eigenvalue weighted by Gasteiger charge is 2.33. The molecule has 0 N–H and O–H groups in total. The quantitative estimate of drug-likeness (QED) is 0.586. The zero-order chi connectivity index (χ0) is 20.2. The molecule has 7 heteroatoms. The lowest BCUT2D eigenvalue weighted by atomic mass is 10.2. The Morgan fingerprint density at radius 2 is 1.70 bits per heavy atom. The fraction of sp³-hybridized carbons (Fsp3) is 0.300. The van der Waals surface area contributed by atoms with Crippen molar-refractivity contribution in [3.63, 3.8) is 0 Å². The van der Waals surface area contributed by atoms with Gasteiger partial charge in [0.1, 0.15) is 5.75 Å². The van der Waals surface area contributed by atoms with Crippen molar-refractivity contribution in [2.75, 3.05) is 6.61 Å². The molecule has 2 aromatic rings. The Bertz CT molecular complexity index is 843. The SMILES string of the molecule is C=Cc1cc([P@@](=O)(OCC)c2ccc(C(F)(F)F)cc2)ccc1OC(C)C. The van der Waals surface area contributed by atoms with Crippen molar-refractivity contribution < 1.29 is 27.0 Å². The summed E-state index contributed by atoms with van der Waals surface area (Å²) in [7, 11) is -3.56. The standard InChI is InChI=1S/C20H22F3O3P/c1-5-15-13-18(11-12-19(15)26-14(3)4)27(24,25-6-2)17-9-7-16(8-10-17)20(21,22)23/h5,7-14H,1,6H2,2-4H3/t27-/m0/s1. The van der Waals surface area contributed by atoms with Crippen molar-refractivity contribution in [1.82, 2.24) is 0 Å². The Morgan fingerprint density at radius 3 is 2.19 bits per heavy atom. The Kier molecular flexibility index (Phi) is 6.55. The Hall–Kier alpha value is -2.04. The van der Waals surface area contributed by atoms with Crippen LogP contribution >= 0.6 is 7.37 Å². The molecule has 0 saturated carbocycles. The predicted octanol–water partition coefficient (Wildman–Crippen LogP) is 5.40. The van der Waals surface area contributed by atoms with Gasteiger partial charge in [-0.3, -0.25) is 4.57 Å². The van der Waals surface area contributed by atoms with E-state index in [1.165, 1.54) is 12.1 Å². The molecule has 0 amide bonds. The van der Waals surface area contributed by atoms with Crippen molar-refractivity contribution in [1.29, 1.82) is 0 Å². The van der Waals surface area contributed by atoms with Gasteiger partial charge in [-0.2, -0.15) is 13.2 Å². The van der Waals surface area contributed by atoms with Crippen LogP contribution in [-0.4, -0.2) is 12.7 Å². The average Bonchev–Trinajstić information content (AvgIpc) is 2.61. The largest absolute Gasteiger partial charge is 0.490 e. The van der Waals surface area contributed by atoms with Gasteiger partial charge in [0.05, 0.1) is 18.3 Å². The summed E-state index contributed by atoms with van der Waals surface area (Å²) in [6.45, 7) is 9.34. The average molecular weight is 398 g/mol. The van der Waals surface area contributed by atoms with Gasteiger partial charge in [0.25, 0.3) is 7.37 Å². The van der Waals surface area contributed by atoms with Gasteiger partial charge in [-0.1, -0.05) is 12.7 Å². The maximum Gasteiger partial charge on any atom is 0.416 e. The second-order valence-corrected chi connectivity index (χ2v) is 8.50. The Morgan fingerprint density at radius 1 is 1.11 bits per heavy atom. The minimum atomic E-state index is -4.46. The van der Waals surface area contributed by atoms with Crippen LogP contribution in [-0.2, 0) is 15.3 Å². The van der Waals surface area contributed by atoms with E-state index in [1.807, 2.05) is 13.8 Å². The molecule has 0 saturated heterocycles. The van der Waals surface area contributed by atoms with E-state index in [0.29, 0.717) is 16.6 Å². The van der Waals surface area contributed by atoms with E-state index in [0.717, 1.165) is 12.1 Å². The van der Waals surface area contributed by atoms with Gasteiger partial charge >= 0.3 is 6.18 Å². The molecule has 0 aliphatic heterocycles. The van der Waals surface area contributed by atoms with Crippen molar-refractivity contribution in [2.24, 2.45) is 0 Å². The first-order valence-electron chi connectivity index (χ1n) is 8.48. The second-order valence-electron chi connectivity index (χ2n) is 6.11. The summed E-state index contributed by atoms with van der Waals surface area (Å²) >= 11 is 0. The van der Waals surface area contributed by atoms with E-state index in [1.54, 1.807) is 31.2 Å². The van der Waals surface area contributed by atoms with Gasteiger partial charge in [0.15, 0.2) is 0 Å². The summed E-state index contributed by atoms with van der Waals surface area (Å²) in [5.74, 6) is 0.583. The molecule has 1 atom stereocenters. The van der Waals surface area contributed by atoms with Crippen LogP contribution < -0.4 is 15.3 Å². The van der Waals surface area contributed by atoms with Crippen LogP contribution in [0.4, 0.5) is 13.2 Å². The number of hydrogen-bond donors (Lipinski definition) is 0. The molecule has 0 spiro atoms. The van der Waals surface area contributed by atoms with E-state index in [9.17, 15) is 17.7 Å². The number of hydrogen-bond acceptors (Lipinski definition) is 3. The zero-order valence-corrected chi connectivity index (χ0v) is 16.3. The molecule has 0 radical (unpaired) electrons. The monoisotopic (exact) mass is 398 g/mol. The lowest BCUT2D eigenvalue weighted by Crippen LogP contribution is -2.20. The van der Waals surface area contributed by atoms with E-state index in [4.69, 9.17) is 9.26 Å². The topological polar surface area (TPSA) is 35.5 Å². The number of benzene rings is 2. The summed E-state index contributed by atoms with van der Waals surface area (Å²) in [5.41, 5.74) is -0.171. The lowest BCUT2D eigenvalue weighted by molar-refractivity contribution is -0.137. The maximum absolute atomic E-state index is 13.6. The van der Waals surface area contributed by atoms with Gasteiger partial charge in [-0.25, -0.2) is 0 Å². The fourth-order valence-electron chi connectivity index (χ4n) is 2.57. The highest BCUT2D eigenvalue weighted by molar-refractivity contribution is 7.74. The normalized spacial score (nSPS) is 14.0. The third-order valence-electron chi connectivity index (χ3n) is 3.76. The van der Waals surface area contributed by atoms with Crippen LogP contribution in [0.2, 0.25) is 0 Å². The van der Waals surface area contributed by atoms with Crippen LogP contribution in [0.1, 0.15) is 31.9 Å². The minimum Gasteiger partial charge on any atom is -0.490 e. The molecule has 2 aromatic carbocycles. The molecule has 0 bridgehead atoms. The highest BCUT2D eigenvalue weighted by atomic mass is 31.2. The van der Waals surface area contributed by atoms with Gasteiger partial charge < -0.3 is 9.26 Å². The maximum atomic E-state index is 13.6. The number of halogens is 3. The number of rotatable bonds is 7. The van der Waals surface area contributed by atoms with Gasteiger partial charge in [-0.05, 0) is 63.2 Å². The molecule has 0 aromatic heterocycles. The molecule has 0 fully saturated rings. The molecule has 2 rings (SSSR count). The van der Waals surface area contributed by atoms with Gasteiger partial charge in [0, 0.05) is 16.2 Å². The Labute approximate surface area is 157 Å². The second kappa shape index (κ2) is 8.32. The third kappa shape index (κ3) is 4.82. The smallest absolute Gasteiger partial charge is 0.416 e. The molecular formula is C20H22F3O3P. The van der Waals surface area contributed by atoms with Crippen LogP contribution in [0.5, 0.6) is 5.75 Å². The number of ether oxygens (including phenoxy) is 1. The van der Waals surface area contributed by atoms with Crippen molar-refractivity contribution in [2.45, 2.75) is 33.1 Å². The molecule has 27 heavy (non-hydrogen) atoms. The summed E-state index contributed by atoms with van der Waals surface area (Å²) in [5, 5.41) is 0.569. The number of alkyl halides is 3. The lowest BCUT2D eigenvalue weighted by Gasteiger charge is -2.21. The van der Waals surface area contributed by atoms with E-state index in [2.05, 4.69) is 6.58 Å². The van der Waals surface area contributed by atoms with Crippen molar-refractivity contribution in [3.8, 4) is 5.75 Å². The summed E-state index contributed by atoms with van der Waals surface area (Å²) in [6, 6.07) is 9.13.